The summed E-state index contributed by atoms with van der Waals surface area (Å²) in [4.78, 5) is 3.97. The third-order valence-electron chi connectivity index (χ3n) is 5.73. The molecular weight excluding hydrogens is 421 g/mol. The Morgan fingerprint density at radius 3 is 2.70 bits per heavy atom. The van der Waals surface area contributed by atoms with E-state index in [-0.39, 0.29) is 36.0 Å². The number of benzene rings is 1. The molecule has 2 aliphatic rings. The molecule has 1 aromatic heterocycles. The molecule has 1 unspecified atom stereocenters. The van der Waals surface area contributed by atoms with E-state index in [2.05, 4.69) is 10.3 Å². The minimum absolute atomic E-state index is 0.0360. The minimum Gasteiger partial charge on any atom is -0.381 e. The summed E-state index contributed by atoms with van der Waals surface area (Å²) in [6.45, 7) is 1.53. The zero-order valence-electron chi connectivity index (χ0n) is 16.3. The van der Waals surface area contributed by atoms with Crippen LogP contribution in [0.2, 0.25) is 0 Å². The van der Waals surface area contributed by atoms with Crippen LogP contribution in [0.25, 0.3) is 0 Å². The molecule has 2 aliphatic heterocycles. The summed E-state index contributed by atoms with van der Waals surface area (Å²) >= 11 is 0. The van der Waals surface area contributed by atoms with E-state index in [1.54, 1.807) is 17.7 Å². The van der Waals surface area contributed by atoms with E-state index in [9.17, 15) is 21.6 Å². The fourth-order valence-corrected chi connectivity index (χ4v) is 5.63. The average molecular weight is 444 g/mol. The van der Waals surface area contributed by atoms with E-state index >= 15 is 0 Å². The molecule has 164 valence electrons. The summed E-state index contributed by atoms with van der Waals surface area (Å²) in [6, 6.07) is 4.64. The highest BCUT2D eigenvalue weighted by molar-refractivity contribution is 7.89. The number of halogens is 3. The summed E-state index contributed by atoms with van der Waals surface area (Å²) in [7, 11) is -2.11. The van der Waals surface area contributed by atoms with Crippen LogP contribution in [0.5, 0.6) is 0 Å². The lowest BCUT2D eigenvalue weighted by atomic mass is 9.87. The molecule has 2 saturated heterocycles. The fourth-order valence-electron chi connectivity index (χ4n) is 4.16. The number of hydrogen-bond donors (Lipinski definition) is 1. The van der Waals surface area contributed by atoms with Gasteiger partial charge in [-0.25, -0.2) is 13.4 Å². The van der Waals surface area contributed by atoms with E-state index < -0.39 is 21.8 Å². The van der Waals surface area contributed by atoms with Crippen LogP contribution in [0, 0.1) is 11.8 Å². The van der Waals surface area contributed by atoms with Gasteiger partial charge in [0, 0.05) is 51.3 Å². The van der Waals surface area contributed by atoms with Crippen LogP contribution < -0.4 is 5.32 Å². The van der Waals surface area contributed by atoms with Crippen molar-refractivity contribution in [3.63, 3.8) is 0 Å². The molecule has 0 spiro atoms. The first kappa shape index (κ1) is 21.1. The molecule has 2 fully saturated rings. The van der Waals surface area contributed by atoms with Crippen molar-refractivity contribution in [3.8, 4) is 0 Å². The second-order valence-electron chi connectivity index (χ2n) is 7.82. The van der Waals surface area contributed by atoms with Gasteiger partial charge in [-0.3, -0.25) is 0 Å². The maximum atomic E-state index is 13.1. The van der Waals surface area contributed by atoms with Gasteiger partial charge in [-0.15, -0.1) is 0 Å². The van der Waals surface area contributed by atoms with Gasteiger partial charge in [0.15, 0.2) is 5.03 Å². The maximum absolute atomic E-state index is 13.1. The Bertz CT molecular complexity index is 1000. The Morgan fingerprint density at radius 2 is 2.07 bits per heavy atom. The first-order valence-electron chi connectivity index (χ1n) is 9.64. The van der Waals surface area contributed by atoms with Crippen LogP contribution in [-0.2, 0) is 28.0 Å². The van der Waals surface area contributed by atoms with Crippen molar-refractivity contribution in [1.82, 2.24) is 13.9 Å². The van der Waals surface area contributed by atoms with E-state index in [0.717, 1.165) is 18.6 Å². The Morgan fingerprint density at radius 1 is 1.27 bits per heavy atom. The van der Waals surface area contributed by atoms with Gasteiger partial charge in [-0.05, 0) is 36.5 Å². The number of ether oxygens (including phenoxy) is 1. The number of alkyl halides is 3. The minimum atomic E-state index is -4.44. The van der Waals surface area contributed by atoms with Crippen LogP contribution >= 0.6 is 0 Å². The standard InChI is InChI=1S/C19H23F3N4O3S/c1-25-10-18(23-12-25)30(27,28)26-8-16(13-5-6-29-11-13)17(9-26)24-15-4-2-3-14(7-15)19(20,21)22/h2-4,7,10,12-13,16-17,24H,5-6,8-9,11H2,1H3/t13?,16-,17+/m0/s1. The van der Waals surface area contributed by atoms with Gasteiger partial charge in [0.2, 0.25) is 0 Å². The zero-order valence-corrected chi connectivity index (χ0v) is 17.2. The van der Waals surface area contributed by atoms with Crippen LogP contribution in [0.3, 0.4) is 0 Å². The van der Waals surface area contributed by atoms with Crippen LogP contribution in [0.15, 0.2) is 41.8 Å². The second-order valence-corrected chi connectivity index (χ2v) is 9.70. The third kappa shape index (κ3) is 4.19. The number of sulfonamides is 1. The summed E-state index contributed by atoms with van der Waals surface area (Å²) in [5, 5.41) is 3.12. The van der Waals surface area contributed by atoms with Gasteiger partial charge in [-0.2, -0.15) is 17.5 Å². The van der Waals surface area contributed by atoms with E-state index in [1.165, 1.54) is 22.9 Å². The molecule has 0 saturated carbocycles. The number of nitrogens with zero attached hydrogens (tertiary/aromatic N) is 3. The highest BCUT2D eigenvalue weighted by Gasteiger charge is 2.44. The number of aryl methyl sites for hydroxylation is 1. The number of aromatic nitrogens is 2. The van der Waals surface area contributed by atoms with Gasteiger partial charge < -0.3 is 14.6 Å². The molecule has 0 bridgehead atoms. The van der Waals surface area contributed by atoms with Crippen molar-refractivity contribution in [2.24, 2.45) is 18.9 Å². The Kier molecular flexibility index (Phi) is 5.54. The predicted octanol–water partition coefficient (Wildman–Crippen LogP) is 2.58. The smallest absolute Gasteiger partial charge is 0.381 e. The molecule has 4 rings (SSSR count). The first-order chi connectivity index (χ1) is 14.1. The molecule has 30 heavy (non-hydrogen) atoms. The van der Waals surface area contributed by atoms with Crippen LogP contribution in [0.1, 0.15) is 12.0 Å². The molecule has 0 aliphatic carbocycles. The summed E-state index contributed by atoms with van der Waals surface area (Å²) in [5.74, 6) is 0.0535. The van der Waals surface area contributed by atoms with Gasteiger partial charge in [-0.1, -0.05) is 6.07 Å². The normalized spacial score (nSPS) is 25.7. The monoisotopic (exact) mass is 444 g/mol. The quantitative estimate of drug-likeness (QED) is 0.767. The molecule has 0 amide bonds. The Balaban J connectivity index is 1.59. The lowest BCUT2D eigenvalue weighted by Gasteiger charge is -2.25. The number of hydrogen-bond acceptors (Lipinski definition) is 5. The van der Waals surface area contributed by atoms with E-state index in [1.807, 2.05) is 0 Å². The van der Waals surface area contributed by atoms with Gasteiger partial charge in [0.1, 0.15) is 0 Å². The number of imidazole rings is 1. The van der Waals surface area contributed by atoms with Crippen LogP contribution in [0.4, 0.5) is 18.9 Å². The molecule has 2 aromatic rings. The third-order valence-corrected chi connectivity index (χ3v) is 7.45. The van der Waals surface area contributed by atoms with Crippen molar-refractivity contribution in [1.29, 1.82) is 0 Å². The van der Waals surface area contributed by atoms with Gasteiger partial charge >= 0.3 is 6.18 Å². The lowest BCUT2D eigenvalue weighted by molar-refractivity contribution is -0.137. The maximum Gasteiger partial charge on any atom is 0.416 e. The fraction of sp³-hybridized carbons (Fsp3) is 0.526. The topological polar surface area (TPSA) is 76.5 Å². The number of anilines is 1. The molecule has 3 heterocycles. The van der Waals surface area contributed by atoms with Gasteiger partial charge in [0.05, 0.1) is 11.9 Å². The average Bonchev–Trinajstić information content (AvgIpc) is 3.41. The first-order valence-corrected chi connectivity index (χ1v) is 11.1. The number of rotatable bonds is 5. The van der Waals surface area contributed by atoms with Crippen molar-refractivity contribution in [2.45, 2.75) is 23.7 Å². The molecule has 0 radical (unpaired) electrons. The highest BCUT2D eigenvalue weighted by atomic mass is 32.2. The molecule has 7 nitrogen and oxygen atoms in total. The lowest BCUT2D eigenvalue weighted by Crippen LogP contribution is -2.33. The van der Waals surface area contributed by atoms with Crippen molar-refractivity contribution in [3.05, 3.63) is 42.4 Å². The Labute approximate surface area is 172 Å². The van der Waals surface area contributed by atoms with Gasteiger partial charge in [0.25, 0.3) is 10.0 Å². The predicted molar refractivity (Wildman–Crippen MR) is 103 cm³/mol. The molecule has 11 heteroatoms. The summed E-state index contributed by atoms with van der Waals surface area (Å²) in [5.41, 5.74) is -0.431. The summed E-state index contributed by atoms with van der Waals surface area (Å²) < 4.78 is 73.7. The van der Waals surface area contributed by atoms with E-state index in [0.29, 0.717) is 18.9 Å². The SMILES string of the molecule is Cn1cnc(S(=O)(=O)N2C[C@@H](Nc3cccc(C(F)(F)F)c3)[C@H](C3CCOC3)C2)c1. The van der Waals surface area contributed by atoms with Crippen molar-refractivity contribution >= 4 is 15.7 Å². The largest absolute Gasteiger partial charge is 0.416 e. The summed E-state index contributed by atoms with van der Waals surface area (Å²) in [6.07, 6.45) is -0.788. The second kappa shape index (κ2) is 7.86. The molecule has 1 N–H and O–H groups in total. The van der Waals surface area contributed by atoms with E-state index in [4.69, 9.17) is 4.74 Å². The Hall–Kier alpha value is -2.11. The highest BCUT2D eigenvalue weighted by Crippen LogP contribution is 2.36. The van der Waals surface area contributed by atoms with Crippen molar-refractivity contribution < 1.29 is 26.3 Å². The zero-order chi connectivity index (χ0) is 21.5. The van der Waals surface area contributed by atoms with Crippen LogP contribution in [-0.4, -0.2) is 54.6 Å². The number of nitrogens with one attached hydrogen (secondary N) is 1. The molecule has 3 atom stereocenters. The molecular formula is C19H23F3N4O3S. The molecule has 1 aromatic carbocycles. The van der Waals surface area contributed by atoms with Crippen molar-refractivity contribution in [2.75, 3.05) is 31.6 Å².